The average Bonchev–Trinajstić information content (AvgIpc) is 3.14. The highest BCUT2D eigenvalue weighted by atomic mass is 32.1. The Morgan fingerprint density at radius 2 is 1.80 bits per heavy atom. The van der Waals surface area contributed by atoms with Crippen LogP contribution in [0.15, 0.2) is 72.8 Å². The van der Waals surface area contributed by atoms with Crippen LogP contribution in [0.3, 0.4) is 0 Å². The molecule has 2 N–H and O–H groups in total. The van der Waals surface area contributed by atoms with Crippen LogP contribution < -0.4 is 16.2 Å². The molecule has 0 saturated carbocycles. The smallest absolute Gasteiger partial charge is 0.335 e. The zero-order valence-electron chi connectivity index (χ0n) is 16.2. The van der Waals surface area contributed by atoms with Gasteiger partial charge in [-0.05, 0) is 29.8 Å². The molecule has 0 unspecified atom stereocenters. The summed E-state index contributed by atoms with van der Waals surface area (Å²) in [6, 6.07) is 23.1. The third kappa shape index (κ3) is 4.93. The first-order valence-electron chi connectivity index (χ1n) is 9.58. The molecular formula is C23H19BN2O3S. The molecule has 3 aromatic carbocycles. The van der Waals surface area contributed by atoms with Crippen LogP contribution >= 0.6 is 11.3 Å². The summed E-state index contributed by atoms with van der Waals surface area (Å²) in [5.41, 5.74) is 4.32. The fourth-order valence-electron chi connectivity index (χ4n) is 3.25. The molecule has 1 aromatic heterocycles. The number of nitrogens with one attached hydrogen (secondary N) is 1. The van der Waals surface area contributed by atoms with Crippen LogP contribution in [0.1, 0.15) is 20.9 Å². The van der Waals surface area contributed by atoms with Gasteiger partial charge in [0.15, 0.2) is 7.28 Å². The lowest BCUT2D eigenvalue weighted by molar-refractivity contribution is -0.120. The average molecular weight is 414 g/mol. The Morgan fingerprint density at radius 1 is 0.967 bits per heavy atom. The van der Waals surface area contributed by atoms with Crippen LogP contribution in [0.25, 0.3) is 10.2 Å². The molecule has 0 atom stereocenters. The van der Waals surface area contributed by atoms with Gasteiger partial charge in [0.05, 0.1) is 22.2 Å². The third-order valence-corrected chi connectivity index (χ3v) is 5.74. The summed E-state index contributed by atoms with van der Waals surface area (Å²) < 4.78 is 1.07. The number of hydrogen-bond acceptors (Lipinski definition) is 4. The number of carboxylic acid groups (broad SMARTS) is 1. The summed E-state index contributed by atoms with van der Waals surface area (Å²) in [4.78, 5) is 28.0. The second-order valence-corrected chi connectivity index (χ2v) is 8.15. The predicted octanol–water partition coefficient (Wildman–Crippen LogP) is 2.24. The van der Waals surface area contributed by atoms with Crippen LogP contribution in [0.4, 0.5) is 0 Å². The molecule has 148 valence electrons. The second-order valence-electron chi connectivity index (χ2n) is 7.03. The number of aromatic carboxylic acids is 1. The lowest BCUT2D eigenvalue weighted by Crippen LogP contribution is -2.26. The van der Waals surface area contributed by atoms with Crippen molar-refractivity contribution < 1.29 is 14.7 Å². The summed E-state index contributed by atoms with van der Waals surface area (Å²) >= 11 is 1.53. The van der Waals surface area contributed by atoms with Crippen molar-refractivity contribution >= 4 is 51.6 Å². The molecule has 0 fully saturated rings. The van der Waals surface area contributed by atoms with Gasteiger partial charge in [-0.2, -0.15) is 0 Å². The predicted molar refractivity (Wildman–Crippen MR) is 121 cm³/mol. The van der Waals surface area contributed by atoms with E-state index < -0.39 is 5.97 Å². The highest BCUT2D eigenvalue weighted by molar-refractivity contribution is 7.18. The van der Waals surface area contributed by atoms with E-state index in [0.717, 1.165) is 28.1 Å². The number of carbonyl (C=O) groups excluding carboxylic acids is 1. The van der Waals surface area contributed by atoms with Crippen molar-refractivity contribution in [2.75, 3.05) is 0 Å². The van der Waals surface area contributed by atoms with Crippen molar-refractivity contribution in [3.8, 4) is 0 Å². The van der Waals surface area contributed by atoms with Crippen molar-refractivity contribution in [1.29, 1.82) is 0 Å². The number of thiazole rings is 1. The molecule has 1 heterocycles. The van der Waals surface area contributed by atoms with Crippen LogP contribution in [0.2, 0.25) is 0 Å². The zero-order chi connectivity index (χ0) is 20.9. The van der Waals surface area contributed by atoms with Gasteiger partial charge in [0.1, 0.15) is 5.01 Å². The molecule has 0 saturated heterocycles. The SMILES string of the molecule is O=C(Cc1nc2ccc(Bc3ccccc3)cc2s1)NCc1cccc(C(=O)O)c1. The van der Waals surface area contributed by atoms with E-state index in [9.17, 15) is 9.59 Å². The van der Waals surface area contributed by atoms with Gasteiger partial charge in [0.25, 0.3) is 0 Å². The van der Waals surface area contributed by atoms with Crippen LogP contribution in [0, 0.1) is 0 Å². The minimum atomic E-state index is -0.982. The molecule has 30 heavy (non-hydrogen) atoms. The Kier molecular flexibility index (Phi) is 5.91. The molecule has 0 aliphatic carbocycles. The first kappa shape index (κ1) is 19.9. The molecule has 0 spiro atoms. The third-order valence-electron chi connectivity index (χ3n) is 4.72. The number of nitrogens with zero attached hydrogens (tertiary/aromatic N) is 1. The Hall–Kier alpha value is -3.45. The van der Waals surface area contributed by atoms with Crippen molar-refractivity contribution in [1.82, 2.24) is 10.3 Å². The maximum atomic E-state index is 12.3. The van der Waals surface area contributed by atoms with E-state index in [2.05, 4.69) is 34.6 Å². The topological polar surface area (TPSA) is 79.3 Å². The Balaban J connectivity index is 1.39. The normalized spacial score (nSPS) is 10.7. The summed E-state index contributed by atoms with van der Waals surface area (Å²) in [6.45, 7) is 0.284. The molecule has 4 aromatic rings. The van der Waals surface area contributed by atoms with E-state index in [1.807, 2.05) is 24.3 Å². The van der Waals surface area contributed by atoms with Crippen LogP contribution in [-0.2, 0) is 17.8 Å². The van der Waals surface area contributed by atoms with Crippen molar-refractivity contribution in [3.05, 3.63) is 88.9 Å². The van der Waals surface area contributed by atoms with Gasteiger partial charge in [-0.1, -0.05) is 59.5 Å². The van der Waals surface area contributed by atoms with Gasteiger partial charge in [-0.25, -0.2) is 9.78 Å². The van der Waals surface area contributed by atoms with Gasteiger partial charge in [0.2, 0.25) is 5.91 Å². The number of fused-ring (bicyclic) bond motifs is 1. The Labute approximate surface area is 178 Å². The Morgan fingerprint density at radius 3 is 2.60 bits per heavy atom. The lowest BCUT2D eigenvalue weighted by Gasteiger charge is -2.05. The van der Waals surface area contributed by atoms with Crippen molar-refractivity contribution in [2.24, 2.45) is 0 Å². The molecule has 0 bridgehead atoms. The van der Waals surface area contributed by atoms with Crippen molar-refractivity contribution in [2.45, 2.75) is 13.0 Å². The number of amides is 1. The van der Waals surface area contributed by atoms with Crippen molar-refractivity contribution in [3.63, 3.8) is 0 Å². The maximum absolute atomic E-state index is 12.3. The zero-order valence-corrected chi connectivity index (χ0v) is 17.0. The molecule has 1 amide bonds. The minimum absolute atomic E-state index is 0.140. The molecule has 4 rings (SSSR count). The van der Waals surface area contributed by atoms with E-state index in [1.165, 1.54) is 28.3 Å². The molecule has 7 heteroatoms. The number of aromatic nitrogens is 1. The summed E-state index contributed by atoms with van der Waals surface area (Å²) in [7, 11) is 0.861. The molecule has 0 radical (unpaired) electrons. The Bertz CT molecular complexity index is 1210. The number of carbonyl (C=O) groups is 2. The quantitative estimate of drug-likeness (QED) is 0.455. The number of hydrogen-bond donors (Lipinski definition) is 2. The maximum Gasteiger partial charge on any atom is 0.335 e. The molecule has 0 aliphatic rings. The van der Waals surface area contributed by atoms with Gasteiger partial charge >= 0.3 is 5.97 Å². The molecule has 0 aliphatic heterocycles. The largest absolute Gasteiger partial charge is 0.478 e. The second kappa shape index (κ2) is 8.92. The van der Waals surface area contributed by atoms with E-state index in [1.54, 1.807) is 18.2 Å². The van der Waals surface area contributed by atoms with Gasteiger partial charge in [-0.3, -0.25) is 4.79 Å². The fraction of sp³-hybridized carbons (Fsp3) is 0.0870. The highest BCUT2D eigenvalue weighted by Gasteiger charge is 2.11. The summed E-state index contributed by atoms with van der Waals surface area (Å²) in [5.74, 6) is -1.12. The monoisotopic (exact) mass is 414 g/mol. The summed E-state index contributed by atoms with van der Waals surface area (Å²) in [5, 5.41) is 12.7. The van der Waals surface area contributed by atoms with E-state index >= 15 is 0 Å². The number of rotatable bonds is 7. The fourth-order valence-corrected chi connectivity index (χ4v) is 4.28. The highest BCUT2D eigenvalue weighted by Crippen LogP contribution is 2.21. The molecular weight excluding hydrogens is 395 g/mol. The van der Waals surface area contributed by atoms with E-state index in [0.29, 0.717) is 0 Å². The van der Waals surface area contributed by atoms with Crippen LogP contribution in [0.5, 0.6) is 0 Å². The van der Waals surface area contributed by atoms with Gasteiger partial charge < -0.3 is 10.4 Å². The van der Waals surface area contributed by atoms with Gasteiger partial charge in [0, 0.05) is 6.54 Å². The molecule has 5 nitrogen and oxygen atoms in total. The minimum Gasteiger partial charge on any atom is -0.478 e. The van der Waals surface area contributed by atoms with E-state index in [-0.39, 0.29) is 24.4 Å². The first-order chi connectivity index (χ1) is 14.6. The standard InChI is InChI=1S/C23H19BN2O3S/c27-21(25-14-15-5-4-6-16(11-15)23(28)29)13-22-26-19-10-9-18(12-20(19)30-22)24-17-7-2-1-3-8-17/h1-12,24H,13-14H2,(H,25,27)(H,28,29). The number of carboxylic acids is 1. The first-order valence-corrected chi connectivity index (χ1v) is 10.4. The summed E-state index contributed by atoms with van der Waals surface area (Å²) in [6.07, 6.45) is 0.200. The van der Waals surface area contributed by atoms with Crippen LogP contribution in [-0.4, -0.2) is 29.2 Å². The van der Waals surface area contributed by atoms with Gasteiger partial charge in [-0.15, -0.1) is 11.3 Å². The lowest BCUT2D eigenvalue weighted by atomic mass is 9.64. The number of benzene rings is 3. The van der Waals surface area contributed by atoms with E-state index in [4.69, 9.17) is 5.11 Å².